The maximum Gasteiger partial charge on any atom is 0.0342 e. The van der Waals surface area contributed by atoms with Crippen LogP contribution in [0.1, 0.15) is 24.0 Å². The van der Waals surface area contributed by atoms with Crippen molar-refractivity contribution < 1.29 is 0 Å². The molecule has 0 unspecified atom stereocenters. The third kappa shape index (κ3) is 2.67. The first-order valence-electron chi connectivity index (χ1n) is 5.17. The van der Waals surface area contributed by atoms with Gasteiger partial charge >= 0.3 is 0 Å². The molecule has 74 valence electrons. The standard InChI is InChI=1S/C12H16N2/c1-10-6-8-13-9-11(10)3-2-7-14-12-4-5-12/h2-3,6,8-9,12,14H,4-5,7H2,1H3/b3-2+. The highest BCUT2D eigenvalue weighted by Gasteiger charge is 2.18. The lowest BCUT2D eigenvalue weighted by molar-refractivity contribution is 0.754. The summed E-state index contributed by atoms with van der Waals surface area (Å²) in [6.07, 6.45) is 10.7. The molecular weight excluding hydrogens is 172 g/mol. The average Bonchev–Trinajstić information content (AvgIpc) is 2.99. The molecule has 0 amide bonds. The van der Waals surface area contributed by atoms with E-state index in [4.69, 9.17) is 0 Å². The topological polar surface area (TPSA) is 24.9 Å². The van der Waals surface area contributed by atoms with Crippen molar-refractivity contribution >= 4 is 6.08 Å². The number of pyridine rings is 1. The summed E-state index contributed by atoms with van der Waals surface area (Å²) in [6.45, 7) is 3.08. The summed E-state index contributed by atoms with van der Waals surface area (Å²) in [5, 5.41) is 3.44. The molecular formula is C12H16N2. The van der Waals surface area contributed by atoms with Crippen LogP contribution in [-0.4, -0.2) is 17.6 Å². The minimum absolute atomic E-state index is 0.787. The van der Waals surface area contributed by atoms with Gasteiger partial charge in [0.2, 0.25) is 0 Å². The van der Waals surface area contributed by atoms with Crippen LogP contribution in [0.15, 0.2) is 24.5 Å². The Morgan fingerprint density at radius 1 is 1.57 bits per heavy atom. The molecule has 1 fully saturated rings. The van der Waals surface area contributed by atoms with Crippen LogP contribution in [0.4, 0.5) is 0 Å². The number of nitrogens with zero attached hydrogens (tertiary/aromatic N) is 1. The van der Waals surface area contributed by atoms with Crippen molar-refractivity contribution in [1.29, 1.82) is 0 Å². The smallest absolute Gasteiger partial charge is 0.0342 e. The van der Waals surface area contributed by atoms with Gasteiger partial charge in [-0.25, -0.2) is 0 Å². The van der Waals surface area contributed by atoms with Crippen molar-refractivity contribution in [3.63, 3.8) is 0 Å². The maximum absolute atomic E-state index is 4.10. The molecule has 0 aromatic carbocycles. The molecule has 0 saturated heterocycles. The summed E-state index contributed by atoms with van der Waals surface area (Å²) in [7, 11) is 0. The van der Waals surface area contributed by atoms with Gasteiger partial charge in [0.15, 0.2) is 0 Å². The molecule has 0 radical (unpaired) electrons. The molecule has 14 heavy (non-hydrogen) atoms. The molecule has 0 aliphatic heterocycles. The molecule has 2 rings (SSSR count). The number of aromatic nitrogens is 1. The summed E-state index contributed by atoms with van der Waals surface area (Å²) in [5.74, 6) is 0. The van der Waals surface area contributed by atoms with Crippen molar-refractivity contribution in [2.45, 2.75) is 25.8 Å². The fourth-order valence-electron chi connectivity index (χ4n) is 1.36. The van der Waals surface area contributed by atoms with E-state index < -0.39 is 0 Å². The molecule has 1 N–H and O–H groups in total. The van der Waals surface area contributed by atoms with Crippen LogP contribution in [0, 0.1) is 6.92 Å². The Kier molecular flexibility index (Phi) is 2.94. The van der Waals surface area contributed by atoms with Gasteiger partial charge in [-0.2, -0.15) is 0 Å². The van der Waals surface area contributed by atoms with Crippen LogP contribution in [0.3, 0.4) is 0 Å². The van der Waals surface area contributed by atoms with E-state index in [1.54, 1.807) is 0 Å². The Bertz CT molecular complexity index is 327. The van der Waals surface area contributed by atoms with Gasteiger partial charge in [-0.3, -0.25) is 4.98 Å². The van der Waals surface area contributed by atoms with Gasteiger partial charge < -0.3 is 5.32 Å². The van der Waals surface area contributed by atoms with Crippen molar-refractivity contribution in [3.05, 3.63) is 35.7 Å². The van der Waals surface area contributed by atoms with E-state index in [0.717, 1.165) is 12.6 Å². The number of rotatable bonds is 4. The zero-order chi connectivity index (χ0) is 9.80. The quantitative estimate of drug-likeness (QED) is 0.783. The fourth-order valence-corrected chi connectivity index (χ4v) is 1.36. The van der Waals surface area contributed by atoms with Crippen LogP contribution < -0.4 is 5.32 Å². The van der Waals surface area contributed by atoms with Gasteiger partial charge in [0.25, 0.3) is 0 Å². The predicted octanol–water partition coefficient (Wildman–Crippen LogP) is 2.16. The van der Waals surface area contributed by atoms with Crippen molar-refractivity contribution in [2.75, 3.05) is 6.54 Å². The zero-order valence-electron chi connectivity index (χ0n) is 8.53. The number of aryl methyl sites for hydroxylation is 1. The first-order valence-corrected chi connectivity index (χ1v) is 5.17. The highest BCUT2D eigenvalue weighted by molar-refractivity contribution is 5.51. The molecule has 0 spiro atoms. The van der Waals surface area contributed by atoms with Crippen LogP contribution in [0.5, 0.6) is 0 Å². The van der Waals surface area contributed by atoms with Gasteiger partial charge in [0, 0.05) is 25.0 Å². The molecule has 1 aromatic heterocycles. The van der Waals surface area contributed by atoms with E-state index in [1.165, 1.54) is 24.0 Å². The van der Waals surface area contributed by atoms with E-state index >= 15 is 0 Å². The number of hydrogen-bond acceptors (Lipinski definition) is 2. The Labute approximate surface area is 85.1 Å². The Hall–Kier alpha value is -1.15. The molecule has 2 heteroatoms. The van der Waals surface area contributed by atoms with E-state index in [9.17, 15) is 0 Å². The predicted molar refractivity (Wildman–Crippen MR) is 59.0 cm³/mol. The van der Waals surface area contributed by atoms with Crippen LogP contribution in [0.2, 0.25) is 0 Å². The third-order valence-electron chi connectivity index (χ3n) is 2.48. The van der Waals surface area contributed by atoms with Crippen molar-refractivity contribution in [2.24, 2.45) is 0 Å². The first-order chi connectivity index (χ1) is 6.86. The lowest BCUT2D eigenvalue weighted by atomic mass is 10.1. The fraction of sp³-hybridized carbons (Fsp3) is 0.417. The minimum atomic E-state index is 0.787. The summed E-state index contributed by atoms with van der Waals surface area (Å²) >= 11 is 0. The summed E-state index contributed by atoms with van der Waals surface area (Å²) in [5.41, 5.74) is 2.49. The second-order valence-corrected chi connectivity index (χ2v) is 3.82. The van der Waals surface area contributed by atoms with Crippen LogP contribution in [-0.2, 0) is 0 Å². The number of hydrogen-bond donors (Lipinski definition) is 1. The van der Waals surface area contributed by atoms with Gasteiger partial charge in [-0.1, -0.05) is 12.2 Å². The Balaban J connectivity index is 1.85. The zero-order valence-corrected chi connectivity index (χ0v) is 8.53. The molecule has 0 bridgehead atoms. The monoisotopic (exact) mass is 188 g/mol. The minimum Gasteiger partial charge on any atom is -0.311 e. The van der Waals surface area contributed by atoms with Gasteiger partial charge in [0.05, 0.1) is 0 Å². The largest absolute Gasteiger partial charge is 0.311 e. The lowest BCUT2D eigenvalue weighted by Gasteiger charge is -1.98. The lowest BCUT2D eigenvalue weighted by Crippen LogP contribution is -2.15. The van der Waals surface area contributed by atoms with E-state index in [1.807, 2.05) is 18.5 Å². The van der Waals surface area contributed by atoms with Gasteiger partial charge in [-0.15, -0.1) is 0 Å². The summed E-state index contributed by atoms with van der Waals surface area (Å²) in [6, 6.07) is 2.82. The van der Waals surface area contributed by atoms with Crippen molar-refractivity contribution in [1.82, 2.24) is 10.3 Å². The Morgan fingerprint density at radius 2 is 2.43 bits per heavy atom. The summed E-state index contributed by atoms with van der Waals surface area (Å²) in [4.78, 5) is 4.10. The summed E-state index contributed by atoms with van der Waals surface area (Å²) < 4.78 is 0. The first kappa shape index (κ1) is 9.41. The van der Waals surface area contributed by atoms with Gasteiger partial charge in [0.1, 0.15) is 0 Å². The normalized spacial score (nSPS) is 16.4. The average molecular weight is 188 g/mol. The molecule has 0 atom stereocenters. The van der Waals surface area contributed by atoms with E-state index in [-0.39, 0.29) is 0 Å². The molecule has 2 nitrogen and oxygen atoms in total. The Morgan fingerprint density at radius 3 is 3.14 bits per heavy atom. The van der Waals surface area contributed by atoms with Crippen LogP contribution in [0.25, 0.3) is 6.08 Å². The highest BCUT2D eigenvalue weighted by Crippen LogP contribution is 2.18. The molecule has 1 aliphatic carbocycles. The maximum atomic E-state index is 4.10. The second kappa shape index (κ2) is 4.38. The molecule has 1 aromatic rings. The number of nitrogens with one attached hydrogen (secondary N) is 1. The van der Waals surface area contributed by atoms with Crippen LogP contribution >= 0.6 is 0 Å². The SMILES string of the molecule is Cc1ccncc1/C=C/CNC1CC1. The second-order valence-electron chi connectivity index (χ2n) is 3.82. The van der Waals surface area contributed by atoms with E-state index in [2.05, 4.69) is 29.4 Å². The van der Waals surface area contributed by atoms with E-state index in [0.29, 0.717) is 0 Å². The molecule has 1 heterocycles. The molecule has 1 aliphatic rings. The highest BCUT2D eigenvalue weighted by atomic mass is 14.9. The molecule has 1 saturated carbocycles. The van der Waals surface area contributed by atoms with Gasteiger partial charge in [-0.05, 0) is 37.0 Å². The van der Waals surface area contributed by atoms with Crippen molar-refractivity contribution in [3.8, 4) is 0 Å². The third-order valence-corrected chi connectivity index (χ3v) is 2.48.